The molecular formula is C14H16N2OS. The molecule has 94 valence electrons. The van der Waals surface area contributed by atoms with E-state index in [0.717, 1.165) is 22.9 Å². The quantitative estimate of drug-likeness (QED) is 0.921. The lowest BCUT2D eigenvalue weighted by Gasteiger charge is -2.23. The summed E-state index contributed by atoms with van der Waals surface area (Å²) in [5.74, 6) is 0. The van der Waals surface area contributed by atoms with E-state index in [1.54, 1.807) is 17.5 Å². The average molecular weight is 260 g/mol. The minimum atomic E-state index is 0.0871. The molecule has 0 radical (unpaired) electrons. The van der Waals surface area contributed by atoms with Crippen LogP contribution in [0.2, 0.25) is 0 Å². The van der Waals surface area contributed by atoms with E-state index in [4.69, 9.17) is 5.11 Å². The maximum absolute atomic E-state index is 9.08. The first kappa shape index (κ1) is 11.7. The number of benzene rings is 1. The highest BCUT2D eigenvalue weighted by molar-refractivity contribution is 7.11. The van der Waals surface area contributed by atoms with Crippen molar-refractivity contribution in [2.75, 3.05) is 4.90 Å². The van der Waals surface area contributed by atoms with Crippen molar-refractivity contribution in [1.82, 2.24) is 4.98 Å². The second kappa shape index (κ2) is 4.71. The van der Waals surface area contributed by atoms with Gasteiger partial charge in [-0.15, -0.1) is 11.3 Å². The van der Waals surface area contributed by atoms with Gasteiger partial charge in [0.25, 0.3) is 0 Å². The van der Waals surface area contributed by atoms with Crippen LogP contribution >= 0.6 is 11.3 Å². The minimum absolute atomic E-state index is 0.0871. The van der Waals surface area contributed by atoms with E-state index >= 15 is 0 Å². The van der Waals surface area contributed by atoms with Gasteiger partial charge in [0.1, 0.15) is 5.01 Å². The highest BCUT2D eigenvalue weighted by Gasteiger charge is 2.25. The number of anilines is 1. The molecule has 0 amide bonds. The van der Waals surface area contributed by atoms with E-state index in [1.165, 1.54) is 11.3 Å². The van der Waals surface area contributed by atoms with Crippen LogP contribution in [0.4, 0.5) is 5.69 Å². The van der Waals surface area contributed by atoms with Crippen molar-refractivity contribution in [3.63, 3.8) is 0 Å². The Hall–Kier alpha value is -1.39. The van der Waals surface area contributed by atoms with Crippen LogP contribution in [0.1, 0.15) is 22.4 Å². The fraction of sp³-hybridized carbons (Fsp3) is 0.357. The molecule has 0 saturated carbocycles. The van der Waals surface area contributed by atoms with Crippen LogP contribution in [0, 0.1) is 0 Å². The van der Waals surface area contributed by atoms with E-state index < -0.39 is 0 Å². The fourth-order valence-corrected chi connectivity index (χ4v) is 3.29. The van der Waals surface area contributed by atoms with Gasteiger partial charge >= 0.3 is 0 Å². The summed E-state index contributed by atoms with van der Waals surface area (Å²) in [6, 6.07) is 9.09. The van der Waals surface area contributed by atoms with Crippen LogP contribution in [0.5, 0.6) is 0 Å². The van der Waals surface area contributed by atoms with Crippen LogP contribution in [0.3, 0.4) is 0 Å². The topological polar surface area (TPSA) is 36.4 Å². The number of fused-ring (bicyclic) bond motifs is 1. The number of nitrogens with zero attached hydrogens (tertiary/aromatic N) is 2. The second-order valence-corrected chi connectivity index (χ2v) is 5.89. The van der Waals surface area contributed by atoms with E-state index in [9.17, 15) is 0 Å². The lowest BCUT2D eigenvalue weighted by molar-refractivity contribution is 0.285. The van der Waals surface area contributed by atoms with E-state index in [-0.39, 0.29) is 6.61 Å². The van der Waals surface area contributed by atoms with Crippen LogP contribution in [0.25, 0.3) is 0 Å². The summed E-state index contributed by atoms with van der Waals surface area (Å²) >= 11 is 1.59. The molecule has 0 aliphatic carbocycles. The molecule has 3 rings (SSSR count). The van der Waals surface area contributed by atoms with Crippen molar-refractivity contribution in [1.29, 1.82) is 0 Å². The van der Waals surface area contributed by atoms with Gasteiger partial charge in [0.05, 0.1) is 18.0 Å². The highest BCUT2D eigenvalue weighted by Crippen LogP contribution is 2.33. The summed E-state index contributed by atoms with van der Waals surface area (Å²) in [5, 5.41) is 10.2. The van der Waals surface area contributed by atoms with Crippen LogP contribution in [-0.2, 0) is 19.6 Å². The summed E-state index contributed by atoms with van der Waals surface area (Å²) in [6.45, 7) is 3.17. The highest BCUT2D eigenvalue weighted by atomic mass is 32.1. The SMILES string of the molecule is CC1Cc2ccccc2N1Cc1ncc(CO)s1. The molecule has 1 unspecified atom stereocenters. The zero-order valence-electron chi connectivity index (χ0n) is 10.3. The Labute approximate surface area is 111 Å². The standard InChI is InChI=1S/C14H16N2OS/c1-10-6-11-4-2-3-5-13(11)16(10)8-14-15-7-12(9-17)18-14/h2-5,7,10,17H,6,8-9H2,1H3. The molecule has 0 saturated heterocycles. The third-order valence-electron chi connectivity index (χ3n) is 3.41. The number of aliphatic hydroxyl groups is 1. The monoisotopic (exact) mass is 260 g/mol. The lowest BCUT2D eigenvalue weighted by Crippen LogP contribution is -2.28. The molecule has 18 heavy (non-hydrogen) atoms. The molecule has 2 heterocycles. The molecule has 0 spiro atoms. The summed E-state index contributed by atoms with van der Waals surface area (Å²) in [4.78, 5) is 7.71. The molecule has 1 atom stereocenters. The third-order valence-corrected chi connectivity index (χ3v) is 4.38. The van der Waals surface area contributed by atoms with Gasteiger partial charge in [-0.1, -0.05) is 18.2 Å². The smallest absolute Gasteiger partial charge is 0.112 e. The Morgan fingerprint density at radius 3 is 3.06 bits per heavy atom. The number of hydrogen-bond donors (Lipinski definition) is 1. The van der Waals surface area contributed by atoms with Gasteiger partial charge in [0.15, 0.2) is 0 Å². The Kier molecular flexibility index (Phi) is 3.06. The van der Waals surface area contributed by atoms with Crippen LogP contribution in [-0.4, -0.2) is 16.1 Å². The van der Waals surface area contributed by atoms with Gasteiger partial charge in [0, 0.05) is 17.9 Å². The lowest BCUT2D eigenvalue weighted by atomic mass is 10.1. The number of aliphatic hydroxyl groups excluding tert-OH is 1. The molecule has 0 bridgehead atoms. The van der Waals surface area contributed by atoms with Gasteiger partial charge in [-0.3, -0.25) is 0 Å². The predicted molar refractivity (Wildman–Crippen MR) is 73.8 cm³/mol. The van der Waals surface area contributed by atoms with Gasteiger partial charge in [-0.2, -0.15) is 0 Å². The summed E-state index contributed by atoms with van der Waals surface area (Å²) in [7, 11) is 0. The Morgan fingerprint density at radius 1 is 1.44 bits per heavy atom. The largest absolute Gasteiger partial charge is 0.391 e. The molecule has 1 N–H and O–H groups in total. The van der Waals surface area contributed by atoms with Crippen molar-refractivity contribution in [2.24, 2.45) is 0 Å². The Balaban J connectivity index is 1.84. The van der Waals surface area contributed by atoms with Crippen molar-refractivity contribution in [3.05, 3.63) is 45.9 Å². The summed E-state index contributed by atoms with van der Waals surface area (Å²) in [5.41, 5.74) is 2.75. The zero-order valence-corrected chi connectivity index (χ0v) is 11.2. The molecular weight excluding hydrogens is 244 g/mol. The zero-order chi connectivity index (χ0) is 12.5. The predicted octanol–water partition coefficient (Wildman–Crippen LogP) is 2.59. The minimum Gasteiger partial charge on any atom is -0.391 e. The van der Waals surface area contributed by atoms with Crippen molar-refractivity contribution in [2.45, 2.75) is 32.5 Å². The molecule has 0 fully saturated rings. The maximum atomic E-state index is 9.08. The van der Waals surface area contributed by atoms with Crippen molar-refractivity contribution >= 4 is 17.0 Å². The van der Waals surface area contributed by atoms with Gasteiger partial charge in [0.2, 0.25) is 0 Å². The van der Waals surface area contributed by atoms with Gasteiger partial charge < -0.3 is 10.0 Å². The number of aromatic nitrogens is 1. The molecule has 3 nitrogen and oxygen atoms in total. The van der Waals surface area contributed by atoms with Crippen molar-refractivity contribution < 1.29 is 5.11 Å². The second-order valence-electron chi connectivity index (χ2n) is 4.69. The number of rotatable bonds is 3. The van der Waals surface area contributed by atoms with Crippen molar-refractivity contribution in [3.8, 4) is 0 Å². The summed E-state index contributed by atoms with van der Waals surface area (Å²) in [6.07, 6.45) is 2.88. The molecule has 1 aliphatic heterocycles. The molecule has 1 aliphatic rings. The Morgan fingerprint density at radius 2 is 2.28 bits per heavy atom. The third kappa shape index (κ3) is 2.02. The fourth-order valence-electron chi connectivity index (χ4n) is 2.51. The normalized spacial score (nSPS) is 18.1. The van der Waals surface area contributed by atoms with Gasteiger partial charge in [-0.05, 0) is 25.0 Å². The first-order chi connectivity index (χ1) is 8.78. The number of thiazole rings is 1. The van der Waals surface area contributed by atoms with Crippen LogP contribution in [0.15, 0.2) is 30.5 Å². The average Bonchev–Trinajstić information content (AvgIpc) is 2.96. The van der Waals surface area contributed by atoms with Gasteiger partial charge in [-0.25, -0.2) is 4.98 Å². The summed E-state index contributed by atoms with van der Waals surface area (Å²) < 4.78 is 0. The van der Waals surface area contributed by atoms with E-state index in [1.807, 2.05) is 0 Å². The first-order valence-electron chi connectivity index (χ1n) is 6.17. The van der Waals surface area contributed by atoms with E-state index in [0.29, 0.717) is 6.04 Å². The molecule has 4 heteroatoms. The number of hydrogen-bond acceptors (Lipinski definition) is 4. The molecule has 1 aromatic carbocycles. The first-order valence-corrected chi connectivity index (χ1v) is 6.98. The molecule has 2 aromatic rings. The maximum Gasteiger partial charge on any atom is 0.112 e. The van der Waals surface area contributed by atoms with E-state index in [2.05, 4.69) is 41.1 Å². The van der Waals surface area contributed by atoms with Crippen LogP contribution < -0.4 is 4.90 Å². The Bertz CT molecular complexity index is 552. The molecule has 1 aromatic heterocycles. The number of para-hydroxylation sites is 1.